The molecular formula is C15H26N2O4. The first-order chi connectivity index (χ1) is 10.1. The van der Waals surface area contributed by atoms with Crippen molar-refractivity contribution in [3.05, 3.63) is 0 Å². The summed E-state index contributed by atoms with van der Waals surface area (Å²) in [6.45, 7) is 0.565. The van der Waals surface area contributed by atoms with Crippen LogP contribution in [-0.4, -0.2) is 53.7 Å². The first-order valence-corrected chi connectivity index (χ1v) is 7.85. The zero-order valence-corrected chi connectivity index (χ0v) is 12.7. The molecule has 0 aromatic rings. The van der Waals surface area contributed by atoms with Crippen molar-refractivity contribution < 1.29 is 19.4 Å². The smallest absolute Gasteiger partial charge is 0.326 e. The van der Waals surface area contributed by atoms with Crippen LogP contribution in [0.2, 0.25) is 0 Å². The molecule has 2 fully saturated rings. The van der Waals surface area contributed by atoms with Gasteiger partial charge in [0.15, 0.2) is 0 Å². The molecule has 0 aromatic carbocycles. The Bertz CT molecular complexity index is 388. The molecule has 0 bridgehead atoms. The van der Waals surface area contributed by atoms with Crippen LogP contribution in [0.1, 0.15) is 44.9 Å². The lowest BCUT2D eigenvalue weighted by Gasteiger charge is -2.34. The highest BCUT2D eigenvalue weighted by Gasteiger charge is 2.48. The maximum Gasteiger partial charge on any atom is 0.326 e. The molecule has 2 aliphatic rings. The standard InChI is InChI=1S/C15H26N2O4/c1-21-8-4-6-11(16)14(18)17-12-7-3-2-5-10(12)9-13(17)15(19)20/h10-13H,2-9,16H2,1H3,(H,19,20). The van der Waals surface area contributed by atoms with Gasteiger partial charge in [0, 0.05) is 19.8 Å². The molecule has 1 aliphatic heterocycles. The molecule has 120 valence electrons. The van der Waals surface area contributed by atoms with E-state index in [4.69, 9.17) is 10.5 Å². The minimum Gasteiger partial charge on any atom is -0.480 e. The number of carboxylic acid groups (broad SMARTS) is 1. The number of carboxylic acids is 1. The summed E-state index contributed by atoms with van der Waals surface area (Å²) in [5.41, 5.74) is 5.98. The lowest BCUT2D eigenvalue weighted by molar-refractivity contribution is -0.150. The van der Waals surface area contributed by atoms with Gasteiger partial charge < -0.3 is 20.5 Å². The molecule has 3 N–H and O–H groups in total. The maximum atomic E-state index is 12.6. The Morgan fingerprint density at radius 1 is 1.38 bits per heavy atom. The third-order valence-corrected chi connectivity index (χ3v) is 4.81. The van der Waals surface area contributed by atoms with Crippen LogP contribution in [0, 0.1) is 5.92 Å². The second kappa shape index (κ2) is 7.22. The van der Waals surface area contributed by atoms with Gasteiger partial charge >= 0.3 is 5.97 Å². The van der Waals surface area contributed by atoms with Crippen molar-refractivity contribution in [2.45, 2.75) is 63.1 Å². The molecule has 4 atom stereocenters. The largest absolute Gasteiger partial charge is 0.480 e. The Morgan fingerprint density at radius 3 is 2.76 bits per heavy atom. The molecule has 6 nitrogen and oxygen atoms in total. The van der Waals surface area contributed by atoms with E-state index in [9.17, 15) is 14.7 Å². The second-order valence-electron chi connectivity index (χ2n) is 6.19. The van der Waals surface area contributed by atoms with E-state index < -0.39 is 18.1 Å². The van der Waals surface area contributed by atoms with Crippen molar-refractivity contribution in [3.8, 4) is 0 Å². The molecule has 1 heterocycles. The molecule has 1 aliphatic carbocycles. The molecule has 21 heavy (non-hydrogen) atoms. The van der Waals surface area contributed by atoms with E-state index in [0.717, 1.165) is 25.7 Å². The highest BCUT2D eigenvalue weighted by atomic mass is 16.5. The summed E-state index contributed by atoms with van der Waals surface area (Å²) >= 11 is 0. The summed E-state index contributed by atoms with van der Waals surface area (Å²) in [4.78, 5) is 25.7. The minimum atomic E-state index is -0.901. The summed E-state index contributed by atoms with van der Waals surface area (Å²) in [6.07, 6.45) is 5.96. The van der Waals surface area contributed by atoms with Crippen molar-refractivity contribution in [3.63, 3.8) is 0 Å². The van der Waals surface area contributed by atoms with E-state index in [2.05, 4.69) is 0 Å². The van der Waals surface area contributed by atoms with Gasteiger partial charge in [-0.15, -0.1) is 0 Å². The SMILES string of the molecule is COCCCC(N)C(=O)N1C(C(=O)O)CC2CCCCC21. The molecule has 2 rings (SSSR count). The number of methoxy groups -OCH3 is 1. The Labute approximate surface area is 125 Å². The summed E-state index contributed by atoms with van der Waals surface area (Å²) in [6, 6.07) is -1.25. The Hall–Kier alpha value is -1.14. The summed E-state index contributed by atoms with van der Waals surface area (Å²) in [7, 11) is 1.61. The molecule has 4 unspecified atom stereocenters. The van der Waals surface area contributed by atoms with Crippen LogP contribution in [-0.2, 0) is 14.3 Å². The fourth-order valence-corrected chi connectivity index (χ4v) is 3.76. The average molecular weight is 298 g/mol. The number of amides is 1. The Balaban J connectivity index is 2.05. The monoisotopic (exact) mass is 298 g/mol. The highest BCUT2D eigenvalue weighted by molar-refractivity contribution is 5.88. The van der Waals surface area contributed by atoms with Crippen LogP contribution in [0.4, 0.5) is 0 Å². The van der Waals surface area contributed by atoms with Crippen molar-refractivity contribution in [1.82, 2.24) is 4.90 Å². The second-order valence-corrected chi connectivity index (χ2v) is 6.19. The zero-order chi connectivity index (χ0) is 15.4. The predicted molar refractivity (Wildman–Crippen MR) is 77.7 cm³/mol. The highest BCUT2D eigenvalue weighted by Crippen LogP contribution is 2.40. The molecule has 1 amide bonds. The van der Waals surface area contributed by atoms with Gasteiger partial charge in [-0.05, 0) is 38.0 Å². The van der Waals surface area contributed by atoms with Crippen molar-refractivity contribution in [2.24, 2.45) is 11.7 Å². The van der Waals surface area contributed by atoms with Crippen molar-refractivity contribution >= 4 is 11.9 Å². The van der Waals surface area contributed by atoms with Gasteiger partial charge in [0.25, 0.3) is 0 Å². The lowest BCUT2D eigenvalue weighted by Crippen LogP contribution is -2.52. The number of nitrogens with zero attached hydrogens (tertiary/aromatic N) is 1. The normalized spacial score (nSPS) is 30.0. The van der Waals surface area contributed by atoms with E-state index in [1.807, 2.05) is 0 Å². The van der Waals surface area contributed by atoms with Crippen LogP contribution >= 0.6 is 0 Å². The minimum absolute atomic E-state index is 0.0702. The van der Waals surface area contributed by atoms with E-state index in [1.54, 1.807) is 12.0 Å². The number of carbonyl (C=O) groups is 2. The van der Waals surface area contributed by atoms with Gasteiger partial charge in [-0.25, -0.2) is 4.79 Å². The van der Waals surface area contributed by atoms with Crippen LogP contribution in [0.15, 0.2) is 0 Å². The van der Waals surface area contributed by atoms with Crippen molar-refractivity contribution in [1.29, 1.82) is 0 Å². The predicted octanol–water partition coefficient (Wildman–Crippen LogP) is 0.985. The van der Waals surface area contributed by atoms with Gasteiger partial charge in [-0.3, -0.25) is 4.79 Å². The van der Waals surface area contributed by atoms with E-state index in [-0.39, 0.29) is 11.9 Å². The number of aliphatic carboxylic acids is 1. The quantitative estimate of drug-likeness (QED) is 0.713. The van der Waals surface area contributed by atoms with Gasteiger partial charge in [-0.1, -0.05) is 12.8 Å². The average Bonchev–Trinajstić information content (AvgIpc) is 2.86. The van der Waals surface area contributed by atoms with Crippen LogP contribution < -0.4 is 5.73 Å². The first kappa shape index (κ1) is 16.2. The number of hydrogen-bond donors (Lipinski definition) is 2. The van der Waals surface area contributed by atoms with Gasteiger partial charge in [0.05, 0.1) is 6.04 Å². The maximum absolute atomic E-state index is 12.6. The molecule has 1 saturated heterocycles. The van der Waals surface area contributed by atoms with E-state index in [0.29, 0.717) is 31.8 Å². The fourth-order valence-electron chi connectivity index (χ4n) is 3.76. The van der Waals surface area contributed by atoms with Gasteiger partial charge in [0.2, 0.25) is 5.91 Å². The number of hydrogen-bond acceptors (Lipinski definition) is 4. The Morgan fingerprint density at radius 2 is 2.10 bits per heavy atom. The molecule has 0 spiro atoms. The van der Waals surface area contributed by atoms with Crippen LogP contribution in [0.25, 0.3) is 0 Å². The number of ether oxygens (including phenoxy) is 1. The molecule has 0 aromatic heterocycles. The first-order valence-electron chi connectivity index (χ1n) is 7.85. The molecule has 0 radical (unpaired) electrons. The molecular weight excluding hydrogens is 272 g/mol. The fraction of sp³-hybridized carbons (Fsp3) is 0.867. The summed E-state index contributed by atoms with van der Waals surface area (Å²) < 4.78 is 4.97. The summed E-state index contributed by atoms with van der Waals surface area (Å²) in [5, 5.41) is 9.42. The van der Waals surface area contributed by atoms with Gasteiger partial charge in [-0.2, -0.15) is 0 Å². The lowest BCUT2D eigenvalue weighted by atomic mass is 9.84. The van der Waals surface area contributed by atoms with Crippen LogP contribution in [0.5, 0.6) is 0 Å². The zero-order valence-electron chi connectivity index (χ0n) is 12.7. The Kier molecular flexibility index (Phi) is 5.58. The van der Waals surface area contributed by atoms with Crippen molar-refractivity contribution in [2.75, 3.05) is 13.7 Å². The third kappa shape index (κ3) is 3.55. The van der Waals surface area contributed by atoms with Crippen LogP contribution in [0.3, 0.4) is 0 Å². The molecule has 6 heteroatoms. The number of carbonyl (C=O) groups excluding carboxylic acids is 1. The third-order valence-electron chi connectivity index (χ3n) is 4.81. The van der Waals surface area contributed by atoms with E-state index >= 15 is 0 Å². The number of likely N-dealkylation sites (tertiary alicyclic amines) is 1. The number of rotatable bonds is 6. The topological polar surface area (TPSA) is 92.9 Å². The molecule has 1 saturated carbocycles. The van der Waals surface area contributed by atoms with Gasteiger partial charge in [0.1, 0.15) is 6.04 Å². The number of nitrogens with two attached hydrogens (primary N) is 1. The number of fused-ring (bicyclic) bond motifs is 1. The van der Waals surface area contributed by atoms with E-state index in [1.165, 1.54) is 0 Å². The summed E-state index contributed by atoms with van der Waals surface area (Å²) in [5.74, 6) is -0.773.